The van der Waals surface area contributed by atoms with Gasteiger partial charge in [-0.2, -0.15) is 4.31 Å². The third-order valence-electron chi connectivity index (χ3n) is 3.95. The van der Waals surface area contributed by atoms with Crippen LogP contribution in [-0.2, 0) is 10.0 Å². The van der Waals surface area contributed by atoms with E-state index in [1.54, 1.807) is 47.5 Å². The molecule has 0 bridgehead atoms. The van der Waals surface area contributed by atoms with E-state index in [-0.39, 0.29) is 23.7 Å². The fourth-order valence-corrected chi connectivity index (χ4v) is 4.16. The number of piperazine rings is 1. The molecule has 9 heteroatoms. The summed E-state index contributed by atoms with van der Waals surface area (Å²) >= 11 is 0. The standard InChI is InChI=1S/C15H16N4O4S/c20-19(21)14-7-4-8-16-15(14)17-9-11-18(12-10-17)24(22,23)13-5-2-1-3-6-13/h1-8H,9-12H2/p+1. The van der Waals surface area contributed by atoms with E-state index in [9.17, 15) is 18.5 Å². The zero-order valence-electron chi connectivity index (χ0n) is 12.8. The van der Waals surface area contributed by atoms with Crippen molar-refractivity contribution in [3.8, 4) is 0 Å². The number of rotatable bonds is 4. The molecule has 8 nitrogen and oxygen atoms in total. The van der Waals surface area contributed by atoms with Crippen molar-refractivity contribution in [3.05, 3.63) is 58.8 Å². The summed E-state index contributed by atoms with van der Waals surface area (Å²) in [5, 5.41) is 11.1. The minimum atomic E-state index is -3.53. The Bertz CT molecular complexity index is 834. The molecule has 1 saturated heterocycles. The molecule has 0 amide bonds. The van der Waals surface area contributed by atoms with Gasteiger partial charge in [-0.3, -0.25) is 15.0 Å². The fourth-order valence-electron chi connectivity index (χ4n) is 2.71. The number of aromatic amines is 1. The molecule has 1 N–H and O–H groups in total. The third kappa shape index (κ3) is 3.08. The van der Waals surface area contributed by atoms with Crippen LogP contribution in [0.2, 0.25) is 0 Å². The number of hydrogen-bond acceptors (Lipinski definition) is 5. The number of nitrogens with one attached hydrogen (secondary N) is 1. The molecule has 2 heterocycles. The molecule has 1 aromatic carbocycles. The maximum absolute atomic E-state index is 12.6. The summed E-state index contributed by atoms with van der Waals surface area (Å²) in [6.45, 7) is 1.31. The van der Waals surface area contributed by atoms with E-state index in [1.807, 2.05) is 0 Å². The Morgan fingerprint density at radius 3 is 2.29 bits per heavy atom. The van der Waals surface area contributed by atoms with Crippen LogP contribution in [0.3, 0.4) is 0 Å². The first-order chi connectivity index (χ1) is 11.5. The molecule has 3 rings (SSSR count). The van der Waals surface area contributed by atoms with Gasteiger partial charge >= 0.3 is 11.5 Å². The van der Waals surface area contributed by atoms with E-state index < -0.39 is 14.9 Å². The number of anilines is 1. The first-order valence-electron chi connectivity index (χ1n) is 7.45. The summed E-state index contributed by atoms with van der Waals surface area (Å²) in [5.74, 6) is 0.402. The van der Waals surface area contributed by atoms with Crippen molar-refractivity contribution in [2.45, 2.75) is 4.90 Å². The molecule has 0 radical (unpaired) electrons. The van der Waals surface area contributed by atoms with Gasteiger partial charge in [0.2, 0.25) is 10.0 Å². The van der Waals surface area contributed by atoms with E-state index in [1.165, 1.54) is 10.4 Å². The Morgan fingerprint density at radius 1 is 1.00 bits per heavy atom. The highest BCUT2D eigenvalue weighted by molar-refractivity contribution is 7.89. The van der Waals surface area contributed by atoms with Crippen molar-refractivity contribution in [3.63, 3.8) is 0 Å². The topological polar surface area (TPSA) is 97.9 Å². The lowest BCUT2D eigenvalue weighted by molar-refractivity contribution is -0.411. The minimum Gasteiger partial charge on any atom is -0.258 e. The van der Waals surface area contributed by atoms with Gasteiger partial charge in [0.25, 0.3) is 0 Å². The number of nitrogens with zero attached hydrogens (tertiary/aromatic N) is 3. The zero-order chi connectivity index (χ0) is 17.2. The van der Waals surface area contributed by atoms with Crippen molar-refractivity contribution in [2.24, 2.45) is 0 Å². The molecule has 1 fully saturated rings. The SMILES string of the molecule is O=[N+]([O-])c1ccc[nH+]c1N1CCN(S(=O)(=O)c2ccccc2)CC1. The van der Waals surface area contributed by atoms with Crippen LogP contribution in [0.4, 0.5) is 11.5 Å². The summed E-state index contributed by atoms with van der Waals surface area (Å²) in [4.78, 5) is 15.6. The van der Waals surface area contributed by atoms with Crippen LogP contribution in [0, 0.1) is 10.1 Å². The Kier molecular flexibility index (Phi) is 4.45. The van der Waals surface area contributed by atoms with Crippen molar-refractivity contribution in [2.75, 3.05) is 31.1 Å². The Labute approximate surface area is 139 Å². The van der Waals surface area contributed by atoms with Crippen molar-refractivity contribution < 1.29 is 18.3 Å². The van der Waals surface area contributed by atoms with Gasteiger partial charge in [-0.25, -0.2) is 13.4 Å². The van der Waals surface area contributed by atoms with Crippen molar-refractivity contribution in [1.82, 2.24) is 4.31 Å². The highest BCUT2D eigenvalue weighted by atomic mass is 32.2. The van der Waals surface area contributed by atoms with E-state index in [0.29, 0.717) is 18.9 Å². The van der Waals surface area contributed by atoms with Gasteiger partial charge in [-0.15, -0.1) is 0 Å². The molecular formula is C15H17N4O4S+. The van der Waals surface area contributed by atoms with Crippen LogP contribution in [-0.4, -0.2) is 43.8 Å². The Morgan fingerprint density at radius 2 is 1.67 bits per heavy atom. The van der Waals surface area contributed by atoms with Crippen LogP contribution >= 0.6 is 0 Å². The molecule has 0 spiro atoms. The van der Waals surface area contributed by atoms with Crippen LogP contribution in [0.15, 0.2) is 53.6 Å². The van der Waals surface area contributed by atoms with Gasteiger partial charge < -0.3 is 0 Å². The second-order valence-corrected chi connectivity index (χ2v) is 7.30. The lowest BCUT2D eigenvalue weighted by atomic mass is 10.3. The van der Waals surface area contributed by atoms with Crippen LogP contribution in [0.5, 0.6) is 0 Å². The molecule has 1 aliphatic rings. The molecule has 1 aromatic heterocycles. The van der Waals surface area contributed by atoms with Gasteiger partial charge in [-0.05, 0) is 18.2 Å². The first kappa shape index (κ1) is 16.3. The average Bonchev–Trinajstić information content (AvgIpc) is 2.62. The maximum Gasteiger partial charge on any atom is 0.357 e. The summed E-state index contributed by atoms with van der Waals surface area (Å²) < 4.78 is 26.6. The number of pyridine rings is 1. The van der Waals surface area contributed by atoms with Crippen LogP contribution in [0.1, 0.15) is 0 Å². The Balaban J connectivity index is 1.76. The molecule has 0 atom stereocenters. The first-order valence-corrected chi connectivity index (χ1v) is 8.89. The van der Waals surface area contributed by atoms with Gasteiger partial charge in [0.05, 0.1) is 42.2 Å². The Hall–Kier alpha value is -2.52. The molecular weight excluding hydrogens is 332 g/mol. The average molecular weight is 349 g/mol. The quantitative estimate of drug-likeness (QED) is 0.604. The molecule has 2 aromatic rings. The smallest absolute Gasteiger partial charge is 0.258 e. The molecule has 24 heavy (non-hydrogen) atoms. The minimum absolute atomic E-state index is 0.0168. The highest BCUT2D eigenvalue weighted by Gasteiger charge is 2.35. The van der Waals surface area contributed by atoms with E-state index in [4.69, 9.17) is 0 Å². The molecule has 126 valence electrons. The lowest BCUT2D eigenvalue weighted by Gasteiger charge is -2.29. The molecule has 0 saturated carbocycles. The second kappa shape index (κ2) is 6.54. The van der Waals surface area contributed by atoms with Crippen molar-refractivity contribution in [1.29, 1.82) is 0 Å². The largest absolute Gasteiger partial charge is 0.357 e. The monoisotopic (exact) mass is 349 g/mol. The van der Waals surface area contributed by atoms with Gasteiger partial charge in [0.15, 0.2) is 0 Å². The maximum atomic E-state index is 12.6. The van der Waals surface area contributed by atoms with Crippen LogP contribution < -0.4 is 9.88 Å². The number of H-pyrrole nitrogens is 1. The number of sulfonamides is 1. The third-order valence-corrected chi connectivity index (χ3v) is 5.86. The van der Waals surface area contributed by atoms with Gasteiger partial charge in [0, 0.05) is 6.07 Å². The molecule has 0 aliphatic carbocycles. The van der Waals surface area contributed by atoms with Gasteiger partial charge in [0.1, 0.15) is 0 Å². The predicted molar refractivity (Wildman–Crippen MR) is 87.1 cm³/mol. The second-order valence-electron chi connectivity index (χ2n) is 5.37. The number of hydrogen-bond donors (Lipinski definition) is 0. The highest BCUT2D eigenvalue weighted by Crippen LogP contribution is 2.24. The number of aromatic nitrogens is 1. The van der Waals surface area contributed by atoms with E-state index in [0.717, 1.165) is 0 Å². The summed E-state index contributed by atoms with van der Waals surface area (Å²) in [5.41, 5.74) is -0.0168. The van der Waals surface area contributed by atoms with E-state index in [2.05, 4.69) is 4.98 Å². The molecule has 0 unspecified atom stereocenters. The molecule has 1 aliphatic heterocycles. The van der Waals surface area contributed by atoms with Gasteiger partial charge in [-0.1, -0.05) is 18.2 Å². The fraction of sp³-hybridized carbons (Fsp3) is 0.267. The zero-order valence-corrected chi connectivity index (χ0v) is 13.6. The predicted octanol–water partition coefficient (Wildman–Crippen LogP) is 0.920. The number of nitro groups is 1. The lowest BCUT2D eigenvalue weighted by Crippen LogP contribution is -2.50. The normalized spacial score (nSPS) is 16.1. The van der Waals surface area contributed by atoms with E-state index >= 15 is 0 Å². The van der Waals surface area contributed by atoms with Crippen LogP contribution in [0.25, 0.3) is 0 Å². The summed E-state index contributed by atoms with van der Waals surface area (Å²) in [6.07, 6.45) is 1.62. The van der Waals surface area contributed by atoms with Crippen molar-refractivity contribution >= 4 is 21.5 Å². The summed E-state index contributed by atoms with van der Waals surface area (Å²) in [7, 11) is -3.53. The number of benzene rings is 1. The summed E-state index contributed by atoms with van der Waals surface area (Å²) in [6, 6.07) is 11.3.